The Bertz CT molecular complexity index is 522. The van der Waals surface area contributed by atoms with Crippen LogP contribution in [0, 0.1) is 5.95 Å². The van der Waals surface area contributed by atoms with Crippen LogP contribution >= 0.6 is 0 Å². The number of hydrogen-bond acceptors (Lipinski definition) is 3. The fraction of sp³-hybridized carbons (Fsp3) is 0.500. The minimum absolute atomic E-state index is 0.259. The van der Waals surface area contributed by atoms with Gasteiger partial charge in [0.05, 0.1) is 0 Å². The lowest BCUT2D eigenvalue weighted by Crippen LogP contribution is -2.40. The van der Waals surface area contributed by atoms with Crippen molar-refractivity contribution in [3.05, 3.63) is 35.4 Å². The van der Waals surface area contributed by atoms with Crippen LogP contribution in [0.2, 0.25) is 0 Å². The van der Waals surface area contributed by atoms with E-state index in [0.29, 0.717) is 13.1 Å². The van der Waals surface area contributed by atoms with Crippen LogP contribution in [0.4, 0.5) is 9.18 Å². The van der Waals surface area contributed by atoms with Crippen molar-refractivity contribution < 1.29 is 13.9 Å². The van der Waals surface area contributed by atoms with Gasteiger partial charge in [0.15, 0.2) is 0 Å². The lowest BCUT2D eigenvalue weighted by molar-refractivity contribution is 0.0237. The second kappa shape index (κ2) is 6.24. The fourth-order valence-corrected chi connectivity index (χ4v) is 2.16. The van der Waals surface area contributed by atoms with Crippen LogP contribution in [-0.2, 0) is 4.74 Å². The normalized spacial score (nSPS) is 15.8. The number of carbonyl (C=O) groups is 1. The highest BCUT2D eigenvalue weighted by atomic mass is 19.1. The van der Waals surface area contributed by atoms with Crippen LogP contribution < -0.4 is 0 Å². The van der Waals surface area contributed by atoms with Crippen molar-refractivity contribution in [2.24, 2.45) is 0 Å². The van der Waals surface area contributed by atoms with Gasteiger partial charge in [-0.1, -0.05) is 11.6 Å². The van der Waals surface area contributed by atoms with Gasteiger partial charge in [0.2, 0.25) is 5.95 Å². The molecule has 0 bridgehead atoms. The summed E-state index contributed by atoms with van der Waals surface area (Å²) < 4.78 is 18.1. The zero-order valence-electron chi connectivity index (χ0n) is 12.7. The van der Waals surface area contributed by atoms with Gasteiger partial charge in [-0.05, 0) is 51.3 Å². The van der Waals surface area contributed by atoms with Crippen LogP contribution in [-0.4, -0.2) is 34.7 Å². The summed E-state index contributed by atoms with van der Waals surface area (Å²) in [6.07, 6.45) is 4.87. The first-order chi connectivity index (χ1) is 9.83. The Morgan fingerprint density at radius 1 is 1.33 bits per heavy atom. The van der Waals surface area contributed by atoms with Crippen molar-refractivity contribution in [2.75, 3.05) is 13.1 Å². The standard InChI is InChI=1S/C16H21FN2O2/c1-16(2,3)21-15(20)19-8-6-12(7-9-19)10-13-4-5-14(17)18-11-13/h4-5,10-11H,6-9H2,1-3H3. The van der Waals surface area contributed by atoms with Gasteiger partial charge in [0, 0.05) is 19.3 Å². The molecule has 21 heavy (non-hydrogen) atoms. The molecule has 1 aliphatic heterocycles. The molecule has 0 saturated carbocycles. The molecule has 0 aliphatic carbocycles. The molecule has 1 aromatic rings. The predicted octanol–water partition coefficient (Wildman–Crippen LogP) is 3.64. The molecule has 0 atom stereocenters. The highest BCUT2D eigenvalue weighted by Gasteiger charge is 2.24. The largest absolute Gasteiger partial charge is 0.444 e. The number of hydrogen-bond donors (Lipinski definition) is 0. The first-order valence-electron chi connectivity index (χ1n) is 7.12. The van der Waals surface area contributed by atoms with E-state index in [-0.39, 0.29) is 6.09 Å². The quantitative estimate of drug-likeness (QED) is 0.742. The molecular weight excluding hydrogens is 271 g/mol. The topological polar surface area (TPSA) is 42.4 Å². The van der Waals surface area contributed by atoms with Gasteiger partial charge in [0.1, 0.15) is 5.60 Å². The predicted molar refractivity (Wildman–Crippen MR) is 79.2 cm³/mol. The van der Waals surface area contributed by atoms with Crippen molar-refractivity contribution >= 4 is 12.2 Å². The molecule has 1 saturated heterocycles. The molecular formula is C16H21FN2O2. The van der Waals surface area contributed by atoms with Crippen LogP contribution in [0.25, 0.3) is 6.08 Å². The molecule has 4 nitrogen and oxygen atoms in total. The van der Waals surface area contributed by atoms with Crippen molar-refractivity contribution in [1.82, 2.24) is 9.88 Å². The molecule has 5 heteroatoms. The molecule has 1 fully saturated rings. The minimum Gasteiger partial charge on any atom is -0.444 e. The summed E-state index contributed by atoms with van der Waals surface area (Å²) in [6.45, 7) is 6.88. The second-order valence-electron chi connectivity index (χ2n) is 6.18. The number of nitrogens with zero attached hydrogens (tertiary/aromatic N) is 2. The minimum atomic E-state index is -0.475. The van der Waals surface area contributed by atoms with E-state index in [1.165, 1.54) is 17.8 Å². The molecule has 2 heterocycles. The average Bonchev–Trinajstić information content (AvgIpc) is 2.40. The highest BCUT2D eigenvalue weighted by Crippen LogP contribution is 2.21. The summed E-state index contributed by atoms with van der Waals surface area (Å²) in [7, 11) is 0. The lowest BCUT2D eigenvalue weighted by Gasteiger charge is -2.31. The SMILES string of the molecule is CC(C)(C)OC(=O)N1CCC(=Cc2ccc(F)nc2)CC1. The highest BCUT2D eigenvalue weighted by molar-refractivity contribution is 5.68. The van der Waals surface area contributed by atoms with Crippen LogP contribution in [0.1, 0.15) is 39.2 Å². The van der Waals surface area contributed by atoms with E-state index in [4.69, 9.17) is 4.74 Å². The summed E-state index contributed by atoms with van der Waals surface area (Å²) in [5.41, 5.74) is 1.66. The number of likely N-dealkylation sites (tertiary alicyclic amines) is 1. The van der Waals surface area contributed by atoms with E-state index >= 15 is 0 Å². The summed E-state index contributed by atoms with van der Waals surface area (Å²) >= 11 is 0. The van der Waals surface area contributed by atoms with Crippen molar-refractivity contribution in [2.45, 2.75) is 39.2 Å². The van der Waals surface area contributed by atoms with Crippen LogP contribution in [0.3, 0.4) is 0 Å². The maximum absolute atomic E-state index is 12.8. The summed E-state index contributed by atoms with van der Waals surface area (Å²) in [4.78, 5) is 17.3. The molecule has 0 N–H and O–H groups in total. The van der Waals surface area contributed by atoms with Gasteiger partial charge in [0.25, 0.3) is 0 Å². The van der Waals surface area contributed by atoms with Gasteiger partial charge < -0.3 is 9.64 Å². The van der Waals surface area contributed by atoms with E-state index in [9.17, 15) is 9.18 Å². The third kappa shape index (κ3) is 4.85. The monoisotopic (exact) mass is 292 g/mol. The van der Waals surface area contributed by atoms with Crippen LogP contribution in [0.15, 0.2) is 23.9 Å². The Hall–Kier alpha value is -1.91. The van der Waals surface area contributed by atoms with Gasteiger partial charge >= 0.3 is 6.09 Å². The van der Waals surface area contributed by atoms with Gasteiger partial charge in [-0.2, -0.15) is 4.39 Å². The van der Waals surface area contributed by atoms with Crippen molar-refractivity contribution in [1.29, 1.82) is 0 Å². The lowest BCUT2D eigenvalue weighted by atomic mass is 10.0. The third-order valence-corrected chi connectivity index (χ3v) is 3.18. The molecule has 0 aromatic carbocycles. The Kier molecular flexibility index (Phi) is 4.60. The molecule has 1 aliphatic rings. The summed E-state index contributed by atoms with van der Waals surface area (Å²) in [5.74, 6) is -0.475. The van der Waals surface area contributed by atoms with Gasteiger partial charge in [-0.3, -0.25) is 0 Å². The molecule has 1 aromatic heterocycles. The zero-order chi connectivity index (χ0) is 15.5. The number of pyridine rings is 1. The van der Waals surface area contributed by atoms with E-state index in [1.807, 2.05) is 26.8 Å². The third-order valence-electron chi connectivity index (χ3n) is 3.18. The Morgan fingerprint density at radius 3 is 2.52 bits per heavy atom. The molecule has 0 unspecified atom stereocenters. The summed E-state index contributed by atoms with van der Waals surface area (Å²) in [5, 5.41) is 0. The first-order valence-corrected chi connectivity index (χ1v) is 7.12. The molecule has 0 radical (unpaired) electrons. The Balaban J connectivity index is 1.91. The number of ether oxygens (including phenoxy) is 1. The maximum atomic E-state index is 12.8. The number of halogens is 1. The van der Waals surface area contributed by atoms with E-state index < -0.39 is 11.5 Å². The van der Waals surface area contributed by atoms with E-state index in [0.717, 1.165) is 18.4 Å². The number of piperidine rings is 1. The maximum Gasteiger partial charge on any atom is 0.410 e. The van der Waals surface area contributed by atoms with Crippen LogP contribution in [0.5, 0.6) is 0 Å². The van der Waals surface area contributed by atoms with E-state index in [2.05, 4.69) is 4.98 Å². The number of amides is 1. The van der Waals surface area contributed by atoms with E-state index in [1.54, 1.807) is 11.0 Å². The second-order valence-corrected chi connectivity index (χ2v) is 6.18. The Morgan fingerprint density at radius 2 is 2.00 bits per heavy atom. The van der Waals surface area contributed by atoms with Crippen molar-refractivity contribution in [3.8, 4) is 0 Å². The van der Waals surface area contributed by atoms with Gasteiger partial charge in [-0.15, -0.1) is 0 Å². The first kappa shape index (κ1) is 15.5. The molecule has 2 rings (SSSR count). The Labute approximate surface area is 124 Å². The zero-order valence-corrected chi connectivity index (χ0v) is 12.7. The number of rotatable bonds is 1. The molecule has 114 valence electrons. The average molecular weight is 292 g/mol. The number of aromatic nitrogens is 1. The number of carbonyl (C=O) groups excluding carboxylic acids is 1. The summed E-state index contributed by atoms with van der Waals surface area (Å²) in [6, 6.07) is 3.05. The molecule has 0 spiro atoms. The fourth-order valence-electron chi connectivity index (χ4n) is 2.16. The smallest absolute Gasteiger partial charge is 0.410 e. The molecule has 1 amide bonds. The van der Waals surface area contributed by atoms with Gasteiger partial charge in [-0.25, -0.2) is 9.78 Å². The van der Waals surface area contributed by atoms with Crippen molar-refractivity contribution in [3.63, 3.8) is 0 Å².